The first-order valence-electron chi connectivity index (χ1n) is 6.18. The molecule has 0 aliphatic carbocycles. The zero-order valence-corrected chi connectivity index (χ0v) is 12.8. The van der Waals surface area contributed by atoms with Crippen LogP contribution in [0.5, 0.6) is 0 Å². The summed E-state index contributed by atoms with van der Waals surface area (Å²) in [5.41, 5.74) is 0.762. The van der Waals surface area contributed by atoms with Gasteiger partial charge in [0.2, 0.25) is 8.32 Å². The van der Waals surface area contributed by atoms with E-state index in [1.807, 2.05) is 0 Å². The van der Waals surface area contributed by atoms with Gasteiger partial charge in [0.25, 0.3) is 0 Å². The molecule has 90 valence electrons. The molecule has 0 bridgehead atoms. The van der Waals surface area contributed by atoms with E-state index >= 15 is 0 Å². The van der Waals surface area contributed by atoms with Crippen molar-refractivity contribution in [2.24, 2.45) is 5.92 Å². The summed E-state index contributed by atoms with van der Waals surface area (Å²) in [5, 5.41) is 0.658. The molecule has 0 aromatic rings. The maximum absolute atomic E-state index is 6.43. The lowest BCUT2D eigenvalue weighted by Gasteiger charge is -2.50. The second-order valence-corrected chi connectivity index (χ2v) is 13.0. The molecule has 0 unspecified atom stereocenters. The van der Waals surface area contributed by atoms with Crippen molar-refractivity contribution in [1.82, 2.24) is 0 Å². The summed E-state index contributed by atoms with van der Waals surface area (Å²) in [7, 11) is -1.70. The Morgan fingerprint density at radius 2 is 1.33 bits per heavy atom. The topological polar surface area (TPSA) is 9.23 Å². The molecule has 0 N–H and O–H groups in total. The fourth-order valence-corrected chi connectivity index (χ4v) is 11.4. The Labute approximate surface area is 96.7 Å². The van der Waals surface area contributed by atoms with Gasteiger partial charge in [0.05, 0.1) is 0 Å². The molecule has 1 saturated heterocycles. The highest BCUT2D eigenvalue weighted by atomic mass is 28.4. The first kappa shape index (κ1) is 13.2. The fraction of sp³-hybridized carbons (Fsp3) is 1.00. The molecule has 2 heteroatoms. The molecule has 1 heterocycles. The van der Waals surface area contributed by atoms with E-state index in [0.29, 0.717) is 10.1 Å². The lowest BCUT2D eigenvalue weighted by molar-refractivity contribution is 0.278. The van der Waals surface area contributed by atoms with E-state index in [0.717, 1.165) is 18.1 Å². The van der Waals surface area contributed by atoms with Gasteiger partial charge in [0.1, 0.15) is 0 Å². The third-order valence-electron chi connectivity index (χ3n) is 4.30. The molecule has 0 saturated carbocycles. The number of hydrogen-bond acceptors (Lipinski definition) is 1. The summed E-state index contributed by atoms with van der Waals surface area (Å²) in [6.07, 6.45) is 0. The van der Waals surface area contributed by atoms with Gasteiger partial charge in [-0.15, -0.1) is 0 Å². The molecular formula is C13H28OSi. The molecule has 0 amide bonds. The van der Waals surface area contributed by atoms with E-state index in [-0.39, 0.29) is 0 Å². The molecule has 1 rings (SSSR count). The van der Waals surface area contributed by atoms with Crippen LogP contribution >= 0.6 is 0 Å². The molecule has 0 spiro atoms. The molecule has 1 aliphatic rings. The number of hydrogen-bond donors (Lipinski definition) is 0. The van der Waals surface area contributed by atoms with Crippen molar-refractivity contribution in [3.05, 3.63) is 0 Å². The fourth-order valence-electron chi connectivity index (χ4n) is 3.86. The van der Waals surface area contributed by atoms with Crippen molar-refractivity contribution in [1.29, 1.82) is 0 Å². The van der Waals surface area contributed by atoms with Crippen molar-refractivity contribution >= 4 is 8.32 Å². The Bertz CT molecular complexity index is 220. The predicted octanol–water partition coefficient (Wildman–Crippen LogP) is 4.59. The molecular weight excluding hydrogens is 200 g/mol. The maximum Gasteiger partial charge on any atom is 0.206 e. The third-order valence-corrected chi connectivity index (χ3v) is 11.2. The predicted molar refractivity (Wildman–Crippen MR) is 69.7 cm³/mol. The second-order valence-electron chi connectivity index (χ2n) is 7.31. The minimum atomic E-state index is -1.70. The van der Waals surface area contributed by atoms with Crippen molar-refractivity contribution in [2.75, 3.05) is 6.61 Å². The van der Waals surface area contributed by atoms with Gasteiger partial charge >= 0.3 is 0 Å². The lowest BCUT2D eigenvalue weighted by Crippen LogP contribution is -2.54. The van der Waals surface area contributed by atoms with E-state index in [1.54, 1.807) is 0 Å². The van der Waals surface area contributed by atoms with Crippen LogP contribution in [-0.4, -0.2) is 14.9 Å². The smallest absolute Gasteiger partial charge is 0.206 e. The molecule has 0 radical (unpaired) electrons. The summed E-state index contributed by atoms with van der Waals surface area (Å²) in [5.74, 6) is 0.732. The minimum absolute atomic E-state index is 0.329. The average molecular weight is 228 g/mol. The van der Waals surface area contributed by atoms with Gasteiger partial charge in [-0.2, -0.15) is 0 Å². The zero-order chi connectivity index (χ0) is 12.1. The second kappa shape index (κ2) is 3.59. The molecule has 15 heavy (non-hydrogen) atoms. The minimum Gasteiger partial charge on any atom is -0.415 e. The first-order valence-corrected chi connectivity index (χ1v) is 8.16. The Morgan fingerprint density at radius 1 is 0.933 bits per heavy atom. The van der Waals surface area contributed by atoms with Gasteiger partial charge in [0, 0.05) is 6.61 Å². The quantitative estimate of drug-likeness (QED) is 0.551. The van der Waals surface area contributed by atoms with Gasteiger partial charge in [-0.3, -0.25) is 0 Å². The highest BCUT2D eigenvalue weighted by Gasteiger charge is 2.62. The Balaban J connectivity index is 3.22. The largest absolute Gasteiger partial charge is 0.415 e. The molecule has 0 aromatic carbocycles. The lowest BCUT2D eigenvalue weighted by atomic mass is 10.1. The standard InChI is InChI=1S/C13H28OSi/c1-10-9-14-15(11(10)2,12(3,4)5)13(6,7)8/h10-11H,9H2,1-8H3/t10-,11+/m0/s1. The van der Waals surface area contributed by atoms with Crippen LogP contribution in [0.25, 0.3) is 0 Å². The summed E-state index contributed by atoms with van der Waals surface area (Å²) < 4.78 is 6.43. The van der Waals surface area contributed by atoms with Gasteiger partial charge < -0.3 is 4.43 Å². The summed E-state index contributed by atoms with van der Waals surface area (Å²) in [4.78, 5) is 0. The van der Waals surface area contributed by atoms with Gasteiger partial charge in [0.15, 0.2) is 0 Å². The SMILES string of the molecule is C[C@@H]1[C@@H](C)CO[Si]1(C(C)(C)C)C(C)(C)C. The van der Waals surface area contributed by atoms with Crippen LogP contribution in [0.4, 0.5) is 0 Å². The first-order chi connectivity index (χ1) is 6.54. The van der Waals surface area contributed by atoms with Crippen molar-refractivity contribution in [2.45, 2.75) is 71.0 Å². The third kappa shape index (κ3) is 1.80. The molecule has 2 atom stereocenters. The van der Waals surface area contributed by atoms with E-state index in [2.05, 4.69) is 55.4 Å². The zero-order valence-electron chi connectivity index (χ0n) is 11.8. The monoisotopic (exact) mass is 228 g/mol. The number of rotatable bonds is 0. The highest BCUT2D eigenvalue weighted by Crippen LogP contribution is 2.61. The average Bonchev–Trinajstić information content (AvgIpc) is 2.26. The molecule has 1 fully saturated rings. The van der Waals surface area contributed by atoms with Crippen LogP contribution in [0.1, 0.15) is 55.4 Å². The summed E-state index contributed by atoms with van der Waals surface area (Å²) in [6, 6.07) is 0. The van der Waals surface area contributed by atoms with Crippen molar-refractivity contribution < 1.29 is 4.43 Å². The van der Waals surface area contributed by atoms with Gasteiger partial charge in [-0.25, -0.2) is 0 Å². The van der Waals surface area contributed by atoms with E-state index in [4.69, 9.17) is 4.43 Å². The normalized spacial score (nSPS) is 32.0. The van der Waals surface area contributed by atoms with Gasteiger partial charge in [-0.1, -0.05) is 55.4 Å². The maximum atomic E-state index is 6.43. The van der Waals surface area contributed by atoms with Crippen molar-refractivity contribution in [3.8, 4) is 0 Å². The molecule has 1 nitrogen and oxygen atoms in total. The van der Waals surface area contributed by atoms with Crippen LogP contribution in [0.3, 0.4) is 0 Å². The van der Waals surface area contributed by atoms with E-state index in [9.17, 15) is 0 Å². The van der Waals surface area contributed by atoms with E-state index in [1.165, 1.54) is 0 Å². The van der Waals surface area contributed by atoms with Crippen LogP contribution in [-0.2, 0) is 4.43 Å². The Morgan fingerprint density at radius 3 is 1.47 bits per heavy atom. The summed E-state index contributed by atoms with van der Waals surface area (Å²) in [6.45, 7) is 20.0. The van der Waals surface area contributed by atoms with E-state index < -0.39 is 8.32 Å². The van der Waals surface area contributed by atoms with Crippen LogP contribution < -0.4 is 0 Å². The Hall–Kier alpha value is 0.177. The van der Waals surface area contributed by atoms with Crippen LogP contribution in [0, 0.1) is 5.92 Å². The Kier molecular flexibility index (Phi) is 3.17. The van der Waals surface area contributed by atoms with Crippen LogP contribution in [0.2, 0.25) is 15.6 Å². The van der Waals surface area contributed by atoms with Gasteiger partial charge in [-0.05, 0) is 21.5 Å². The summed E-state index contributed by atoms with van der Waals surface area (Å²) >= 11 is 0. The van der Waals surface area contributed by atoms with Crippen LogP contribution in [0.15, 0.2) is 0 Å². The molecule has 1 aliphatic heterocycles. The molecule has 0 aromatic heterocycles. The highest BCUT2D eigenvalue weighted by molar-refractivity contribution is 6.81. The van der Waals surface area contributed by atoms with Crippen molar-refractivity contribution in [3.63, 3.8) is 0 Å².